The molecule has 0 unspecified atom stereocenters. The number of nitrogens with zero attached hydrogens (tertiary/aromatic N) is 4. The van der Waals surface area contributed by atoms with Gasteiger partial charge in [0.05, 0.1) is 24.6 Å². The van der Waals surface area contributed by atoms with Crippen molar-refractivity contribution in [3.8, 4) is 0 Å². The Morgan fingerprint density at radius 2 is 1.95 bits per heavy atom. The van der Waals surface area contributed by atoms with E-state index < -0.39 is 10.0 Å². The van der Waals surface area contributed by atoms with E-state index in [9.17, 15) is 8.42 Å². The SMILES string of the molecule is CCNc1ncc(S(=O)(=O)NCc2ccncn2)cn1. The highest BCUT2D eigenvalue weighted by Crippen LogP contribution is 2.07. The van der Waals surface area contributed by atoms with Crippen LogP contribution in [0.1, 0.15) is 12.6 Å². The molecule has 0 aliphatic rings. The molecule has 0 aliphatic carbocycles. The van der Waals surface area contributed by atoms with Crippen molar-refractivity contribution in [1.82, 2.24) is 24.7 Å². The van der Waals surface area contributed by atoms with Gasteiger partial charge in [0, 0.05) is 12.7 Å². The van der Waals surface area contributed by atoms with Gasteiger partial charge in [-0.2, -0.15) is 0 Å². The lowest BCUT2D eigenvalue weighted by Crippen LogP contribution is -2.24. The van der Waals surface area contributed by atoms with E-state index >= 15 is 0 Å². The summed E-state index contributed by atoms with van der Waals surface area (Å²) in [6.07, 6.45) is 5.42. The lowest BCUT2D eigenvalue weighted by atomic mass is 10.4. The molecule has 0 saturated carbocycles. The predicted octanol–water partition coefficient (Wildman–Crippen LogP) is 0.177. The molecule has 0 atom stereocenters. The maximum atomic E-state index is 12.0. The summed E-state index contributed by atoms with van der Waals surface area (Å²) in [7, 11) is -3.65. The minimum atomic E-state index is -3.65. The molecular formula is C11H14N6O2S. The number of sulfonamides is 1. The molecule has 20 heavy (non-hydrogen) atoms. The summed E-state index contributed by atoms with van der Waals surface area (Å²) in [4.78, 5) is 15.5. The van der Waals surface area contributed by atoms with Gasteiger partial charge < -0.3 is 5.32 Å². The van der Waals surface area contributed by atoms with Crippen LogP contribution >= 0.6 is 0 Å². The van der Waals surface area contributed by atoms with Crippen LogP contribution in [0, 0.1) is 0 Å². The van der Waals surface area contributed by atoms with Crippen LogP contribution in [0.2, 0.25) is 0 Å². The zero-order valence-corrected chi connectivity index (χ0v) is 11.6. The summed E-state index contributed by atoms with van der Waals surface area (Å²) in [5.41, 5.74) is 0.578. The minimum absolute atomic E-state index is 0.00760. The number of anilines is 1. The van der Waals surface area contributed by atoms with Gasteiger partial charge in [0.15, 0.2) is 0 Å². The second-order valence-corrected chi connectivity index (χ2v) is 5.56. The Bertz CT molecular complexity index is 644. The molecule has 0 radical (unpaired) electrons. The van der Waals surface area contributed by atoms with Crippen molar-refractivity contribution in [3.05, 3.63) is 36.7 Å². The van der Waals surface area contributed by atoms with Crippen LogP contribution in [-0.2, 0) is 16.6 Å². The van der Waals surface area contributed by atoms with Crippen molar-refractivity contribution >= 4 is 16.0 Å². The highest BCUT2D eigenvalue weighted by Gasteiger charge is 2.15. The van der Waals surface area contributed by atoms with Crippen LogP contribution in [0.5, 0.6) is 0 Å². The molecule has 0 aliphatic heterocycles. The fourth-order valence-corrected chi connectivity index (χ4v) is 2.27. The molecule has 106 valence electrons. The van der Waals surface area contributed by atoms with Crippen molar-refractivity contribution < 1.29 is 8.42 Å². The molecule has 0 amide bonds. The van der Waals surface area contributed by atoms with E-state index in [1.807, 2.05) is 6.92 Å². The van der Waals surface area contributed by atoms with Crippen LogP contribution in [0.3, 0.4) is 0 Å². The van der Waals surface area contributed by atoms with Crippen molar-refractivity contribution in [1.29, 1.82) is 0 Å². The first-order valence-electron chi connectivity index (χ1n) is 5.92. The summed E-state index contributed by atoms with van der Waals surface area (Å²) in [5, 5.41) is 2.89. The first kappa shape index (κ1) is 14.3. The third-order valence-corrected chi connectivity index (χ3v) is 3.72. The molecule has 2 aromatic rings. The Morgan fingerprint density at radius 3 is 2.55 bits per heavy atom. The van der Waals surface area contributed by atoms with Gasteiger partial charge in [-0.25, -0.2) is 33.1 Å². The zero-order chi connectivity index (χ0) is 14.4. The van der Waals surface area contributed by atoms with Gasteiger partial charge >= 0.3 is 0 Å². The highest BCUT2D eigenvalue weighted by atomic mass is 32.2. The topological polar surface area (TPSA) is 110 Å². The number of hydrogen-bond acceptors (Lipinski definition) is 7. The molecular weight excluding hydrogens is 280 g/mol. The maximum absolute atomic E-state index is 12.0. The van der Waals surface area contributed by atoms with Gasteiger partial charge in [-0.15, -0.1) is 0 Å². The van der Waals surface area contributed by atoms with E-state index in [0.717, 1.165) is 0 Å². The van der Waals surface area contributed by atoms with E-state index in [4.69, 9.17) is 0 Å². The zero-order valence-electron chi connectivity index (χ0n) is 10.8. The molecule has 2 aromatic heterocycles. The summed E-state index contributed by atoms with van der Waals surface area (Å²) < 4.78 is 26.5. The monoisotopic (exact) mass is 294 g/mol. The number of nitrogens with one attached hydrogen (secondary N) is 2. The summed E-state index contributed by atoms with van der Waals surface area (Å²) in [5.74, 6) is 0.391. The van der Waals surface area contributed by atoms with Crippen molar-refractivity contribution in [2.24, 2.45) is 0 Å². The Hall–Kier alpha value is -2.13. The lowest BCUT2D eigenvalue weighted by Gasteiger charge is -2.06. The second-order valence-electron chi connectivity index (χ2n) is 3.80. The van der Waals surface area contributed by atoms with Crippen LogP contribution < -0.4 is 10.0 Å². The lowest BCUT2D eigenvalue weighted by molar-refractivity contribution is 0.579. The molecule has 2 rings (SSSR count). The van der Waals surface area contributed by atoms with E-state index in [0.29, 0.717) is 18.2 Å². The average molecular weight is 294 g/mol. The van der Waals surface area contributed by atoms with Crippen molar-refractivity contribution in [2.75, 3.05) is 11.9 Å². The predicted molar refractivity (Wildman–Crippen MR) is 72.3 cm³/mol. The van der Waals surface area contributed by atoms with Gasteiger partial charge in [-0.05, 0) is 13.0 Å². The van der Waals surface area contributed by atoms with Gasteiger partial charge in [-0.3, -0.25) is 0 Å². The molecule has 0 bridgehead atoms. The summed E-state index contributed by atoms with van der Waals surface area (Å²) in [6.45, 7) is 2.65. The third-order valence-electron chi connectivity index (χ3n) is 2.36. The Balaban J connectivity index is 2.06. The minimum Gasteiger partial charge on any atom is -0.355 e. The Morgan fingerprint density at radius 1 is 1.20 bits per heavy atom. The summed E-state index contributed by atoms with van der Waals surface area (Å²) in [6, 6.07) is 1.63. The number of aromatic nitrogens is 4. The van der Waals surface area contributed by atoms with E-state index in [-0.39, 0.29) is 11.4 Å². The molecule has 8 nitrogen and oxygen atoms in total. The standard InChI is InChI=1S/C11H14N6O2S/c1-2-13-11-14-6-10(7-15-11)20(18,19)17-5-9-3-4-12-8-16-9/h3-4,6-8,17H,2,5H2,1H3,(H,13,14,15). The van der Waals surface area contributed by atoms with Gasteiger partial charge in [0.2, 0.25) is 16.0 Å². The third kappa shape index (κ3) is 3.68. The van der Waals surface area contributed by atoms with E-state index in [1.54, 1.807) is 12.3 Å². The molecule has 0 fully saturated rings. The van der Waals surface area contributed by atoms with E-state index in [1.165, 1.54) is 18.7 Å². The van der Waals surface area contributed by atoms with Crippen LogP contribution in [0.4, 0.5) is 5.95 Å². The molecule has 2 N–H and O–H groups in total. The van der Waals surface area contributed by atoms with E-state index in [2.05, 4.69) is 30.0 Å². The number of hydrogen-bond donors (Lipinski definition) is 2. The first-order chi connectivity index (χ1) is 9.62. The molecule has 9 heteroatoms. The van der Waals surface area contributed by atoms with Crippen molar-refractivity contribution in [2.45, 2.75) is 18.4 Å². The maximum Gasteiger partial charge on any atom is 0.243 e. The van der Waals surface area contributed by atoms with Gasteiger partial charge in [0.1, 0.15) is 11.2 Å². The fraction of sp³-hybridized carbons (Fsp3) is 0.273. The number of rotatable bonds is 6. The quantitative estimate of drug-likeness (QED) is 0.781. The smallest absolute Gasteiger partial charge is 0.243 e. The molecule has 0 saturated heterocycles. The largest absolute Gasteiger partial charge is 0.355 e. The van der Waals surface area contributed by atoms with Crippen LogP contribution in [-0.4, -0.2) is 34.9 Å². The Labute approximate surface area is 116 Å². The van der Waals surface area contributed by atoms with Crippen molar-refractivity contribution in [3.63, 3.8) is 0 Å². The second kappa shape index (κ2) is 6.35. The van der Waals surface area contributed by atoms with Crippen LogP contribution in [0.15, 0.2) is 35.9 Å². The highest BCUT2D eigenvalue weighted by molar-refractivity contribution is 7.89. The van der Waals surface area contributed by atoms with Gasteiger partial charge in [-0.1, -0.05) is 0 Å². The molecule has 2 heterocycles. The average Bonchev–Trinajstić information content (AvgIpc) is 2.47. The molecule has 0 aromatic carbocycles. The van der Waals surface area contributed by atoms with Crippen LogP contribution in [0.25, 0.3) is 0 Å². The first-order valence-corrected chi connectivity index (χ1v) is 7.40. The van der Waals surface area contributed by atoms with Gasteiger partial charge in [0.25, 0.3) is 0 Å². The fourth-order valence-electron chi connectivity index (χ4n) is 1.38. The Kier molecular flexibility index (Phi) is 4.53. The molecule has 0 spiro atoms. The summed E-state index contributed by atoms with van der Waals surface area (Å²) >= 11 is 0. The normalized spacial score (nSPS) is 11.2.